The minimum Gasteiger partial charge on any atom is -0.466 e. The summed E-state index contributed by atoms with van der Waals surface area (Å²) in [4.78, 5) is 24.3. The maximum Gasteiger partial charge on any atom is 0.306 e. The summed E-state index contributed by atoms with van der Waals surface area (Å²) in [6, 6.07) is 12.4. The van der Waals surface area contributed by atoms with Crippen molar-refractivity contribution >= 4 is 22.5 Å². The first-order chi connectivity index (χ1) is 12.2. The molecular weight excluding hydrogens is 324 g/mol. The topological polar surface area (TPSA) is 43.4 Å². The first kappa shape index (κ1) is 20.2. The lowest BCUT2D eigenvalue weighted by molar-refractivity contribution is -0.145. The summed E-state index contributed by atoms with van der Waals surface area (Å²) in [6.45, 7) is 10.7. The standard InChI is InChI=1S/C23H30O3/c1-16-6-7-20-15-18(8-9-19(20)14-16)17(2)21(24)10-11-22(25)26-13-12-23(3,4)5/h6-9,14-15,17H,10-13H2,1-5H3/t17-/m0/s1. The number of Topliss-reactive ketones (excluding diaryl/α,β-unsaturated/α-hetero) is 1. The van der Waals surface area contributed by atoms with E-state index in [9.17, 15) is 9.59 Å². The first-order valence-electron chi connectivity index (χ1n) is 9.34. The van der Waals surface area contributed by atoms with Crippen LogP contribution in [0.3, 0.4) is 0 Å². The molecule has 0 aromatic heterocycles. The molecule has 0 unspecified atom stereocenters. The van der Waals surface area contributed by atoms with Gasteiger partial charge in [-0.2, -0.15) is 0 Å². The maximum atomic E-state index is 12.5. The van der Waals surface area contributed by atoms with E-state index in [0.29, 0.717) is 6.61 Å². The van der Waals surface area contributed by atoms with Gasteiger partial charge in [-0.1, -0.05) is 69.7 Å². The Morgan fingerprint density at radius 1 is 1.00 bits per heavy atom. The van der Waals surface area contributed by atoms with E-state index < -0.39 is 0 Å². The van der Waals surface area contributed by atoms with Gasteiger partial charge in [0.25, 0.3) is 0 Å². The highest BCUT2D eigenvalue weighted by atomic mass is 16.5. The number of ether oxygens (including phenoxy) is 1. The van der Waals surface area contributed by atoms with Gasteiger partial charge in [0.05, 0.1) is 13.0 Å². The Bertz CT molecular complexity index is 784. The molecule has 2 rings (SSSR count). The number of esters is 1. The second kappa shape index (κ2) is 8.48. The fourth-order valence-corrected chi connectivity index (χ4v) is 2.82. The average Bonchev–Trinajstić information content (AvgIpc) is 2.57. The van der Waals surface area contributed by atoms with Crippen LogP contribution in [0.15, 0.2) is 36.4 Å². The van der Waals surface area contributed by atoms with Crippen LogP contribution in [-0.2, 0) is 14.3 Å². The van der Waals surface area contributed by atoms with Crippen molar-refractivity contribution in [1.29, 1.82) is 0 Å². The Hall–Kier alpha value is -2.16. The van der Waals surface area contributed by atoms with Crippen LogP contribution in [0.2, 0.25) is 0 Å². The molecule has 0 N–H and O–H groups in total. The molecule has 26 heavy (non-hydrogen) atoms. The molecule has 0 aliphatic heterocycles. The lowest BCUT2D eigenvalue weighted by Crippen LogP contribution is -2.15. The summed E-state index contributed by atoms with van der Waals surface area (Å²) in [5.41, 5.74) is 2.35. The van der Waals surface area contributed by atoms with Crippen molar-refractivity contribution in [1.82, 2.24) is 0 Å². The third kappa shape index (κ3) is 5.98. The van der Waals surface area contributed by atoms with E-state index in [0.717, 1.165) is 17.4 Å². The van der Waals surface area contributed by atoms with Crippen LogP contribution in [0.5, 0.6) is 0 Å². The van der Waals surface area contributed by atoms with Crippen molar-refractivity contribution in [2.45, 2.75) is 59.8 Å². The zero-order valence-electron chi connectivity index (χ0n) is 16.6. The zero-order chi connectivity index (χ0) is 19.3. The van der Waals surface area contributed by atoms with E-state index >= 15 is 0 Å². The van der Waals surface area contributed by atoms with Gasteiger partial charge in [-0.05, 0) is 35.1 Å². The molecule has 2 aromatic rings. The number of carbonyl (C=O) groups is 2. The molecule has 0 heterocycles. The van der Waals surface area contributed by atoms with Gasteiger partial charge in [0, 0.05) is 12.3 Å². The van der Waals surface area contributed by atoms with Crippen LogP contribution in [0, 0.1) is 12.3 Å². The average molecular weight is 354 g/mol. The SMILES string of the molecule is Cc1ccc2cc([C@H](C)C(=O)CCC(=O)OCCC(C)(C)C)ccc2c1. The van der Waals surface area contributed by atoms with Gasteiger partial charge < -0.3 is 4.74 Å². The molecule has 3 heteroatoms. The Balaban J connectivity index is 1.89. The molecule has 3 nitrogen and oxygen atoms in total. The van der Waals surface area contributed by atoms with Crippen LogP contribution in [0.4, 0.5) is 0 Å². The first-order valence-corrected chi connectivity index (χ1v) is 9.34. The van der Waals surface area contributed by atoms with Crippen LogP contribution >= 0.6 is 0 Å². The van der Waals surface area contributed by atoms with Crippen molar-refractivity contribution in [3.05, 3.63) is 47.5 Å². The van der Waals surface area contributed by atoms with E-state index in [-0.39, 0.29) is 35.9 Å². The van der Waals surface area contributed by atoms with Crippen molar-refractivity contribution in [2.75, 3.05) is 6.61 Å². The van der Waals surface area contributed by atoms with Gasteiger partial charge in [0.15, 0.2) is 0 Å². The minimum atomic E-state index is -0.288. The molecule has 1 atom stereocenters. The molecule has 0 bridgehead atoms. The number of hydrogen-bond acceptors (Lipinski definition) is 3. The molecule has 140 valence electrons. The monoisotopic (exact) mass is 354 g/mol. The second-order valence-corrected chi connectivity index (χ2v) is 8.33. The highest BCUT2D eigenvalue weighted by Gasteiger charge is 2.18. The van der Waals surface area contributed by atoms with Gasteiger partial charge in [-0.15, -0.1) is 0 Å². The fraction of sp³-hybridized carbons (Fsp3) is 0.478. The minimum absolute atomic E-state index is 0.0734. The molecule has 0 aliphatic rings. The van der Waals surface area contributed by atoms with Crippen molar-refractivity contribution < 1.29 is 14.3 Å². The molecule has 0 radical (unpaired) electrons. The van der Waals surface area contributed by atoms with E-state index in [1.807, 2.05) is 13.0 Å². The highest BCUT2D eigenvalue weighted by molar-refractivity contribution is 5.90. The van der Waals surface area contributed by atoms with Crippen LogP contribution in [0.1, 0.15) is 64.0 Å². The van der Waals surface area contributed by atoms with Gasteiger partial charge >= 0.3 is 5.97 Å². The molecule has 2 aromatic carbocycles. The third-order valence-electron chi connectivity index (χ3n) is 4.69. The number of ketones is 1. The molecule has 0 saturated carbocycles. The van der Waals surface area contributed by atoms with Crippen molar-refractivity contribution in [3.63, 3.8) is 0 Å². The zero-order valence-corrected chi connectivity index (χ0v) is 16.6. The Morgan fingerprint density at radius 3 is 2.35 bits per heavy atom. The Morgan fingerprint density at radius 2 is 1.65 bits per heavy atom. The summed E-state index contributed by atoms with van der Waals surface area (Å²) in [6.07, 6.45) is 1.20. The van der Waals surface area contributed by atoms with Gasteiger partial charge in [0.2, 0.25) is 0 Å². The van der Waals surface area contributed by atoms with E-state index in [4.69, 9.17) is 4.74 Å². The van der Waals surface area contributed by atoms with Gasteiger partial charge in [0.1, 0.15) is 5.78 Å². The van der Waals surface area contributed by atoms with Crippen molar-refractivity contribution in [3.8, 4) is 0 Å². The predicted octanol–water partition coefficient (Wildman–Crippen LogP) is 5.58. The number of rotatable bonds is 7. The molecule has 0 aliphatic carbocycles. The van der Waals surface area contributed by atoms with Crippen LogP contribution in [-0.4, -0.2) is 18.4 Å². The van der Waals surface area contributed by atoms with Gasteiger partial charge in [-0.25, -0.2) is 0 Å². The number of carbonyl (C=O) groups excluding carboxylic acids is 2. The van der Waals surface area contributed by atoms with Gasteiger partial charge in [-0.3, -0.25) is 9.59 Å². The summed E-state index contributed by atoms with van der Waals surface area (Å²) in [7, 11) is 0. The largest absolute Gasteiger partial charge is 0.466 e. The quantitative estimate of drug-likeness (QED) is 0.610. The predicted molar refractivity (Wildman–Crippen MR) is 106 cm³/mol. The lowest BCUT2D eigenvalue weighted by Gasteiger charge is -2.17. The lowest BCUT2D eigenvalue weighted by atomic mass is 9.92. The third-order valence-corrected chi connectivity index (χ3v) is 4.69. The normalized spacial score (nSPS) is 12.8. The molecule has 0 spiro atoms. The Kier molecular flexibility index (Phi) is 6.57. The maximum absolute atomic E-state index is 12.5. The van der Waals surface area contributed by atoms with Crippen LogP contribution < -0.4 is 0 Å². The number of fused-ring (bicyclic) bond motifs is 1. The summed E-state index contributed by atoms with van der Waals surface area (Å²) >= 11 is 0. The molecule has 0 amide bonds. The van der Waals surface area contributed by atoms with E-state index in [1.54, 1.807) is 0 Å². The van der Waals surface area contributed by atoms with Crippen LogP contribution in [0.25, 0.3) is 10.8 Å². The highest BCUT2D eigenvalue weighted by Crippen LogP contribution is 2.24. The smallest absolute Gasteiger partial charge is 0.306 e. The summed E-state index contributed by atoms with van der Waals surface area (Å²) < 4.78 is 5.23. The van der Waals surface area contributed by atoms with Crippen molar-refractivity contribution in [2.24, 2.45) is 5.41 Å². The number of benzene rings is 2. The van der Waals surface area contributed by atoms with E-state index in [2.05, 4.69) is 58.0 Å². The number of hydrogen-bond donors (Lipinski definition) is 0. The summed E-state index contributed by atoms with van der Waals surface area (Å²) in [5.74, 6) is -0.434. The van der Waals surface area contributed by atoms with E-state index in [1.165, 1.54) is 10.9 Å². The Labute approximate surface area is 156 Å². The molecular formula is C23H30O3. The molecule has 0 fully saturated rings. The second-order valence-electron chi connectivity index (χ2n) is 8.33. The molecule has 0 saturated heterocycles. The fourth-order valence-electron chi connectivity index (χ4n) is 2.82. The summed E-state index contributed by atoms with van der Waals surface area (Å²) in [5, 5.41) is 2.31. The number of aryl methyl sites for hydroxylation is 1.